The number of alkyl carbamates (subject to hydrolysis) is 1. The van der Waals surface area contributed by atoms with E-state index in [9.17, 15) is 19.2 Å². The van der Waals surface area contributed by atoms with Crippen molar-refractivity contribution in [1.29, 1.82) is 0 Å². The van der Waals surface area contributed by atoms with Gasteiger partial charge < -0.3 is 20.3 Å². The van der Waals surface area contributed by atoms with E-state index in [-0.39, 0.29) is 18.9 Å². The van der Waals surface area contributed by atoms with Gasteiger partial charge in [-0.05, 0) is 101 Å². The molecular formula is C60H54N8O5. The standard InChI is InChI=1S/C60H54N8O5/c1-59(2,3)73-58(72)62-52(37-44-39-66(40-69)54-30-18-16-27-49(44)54)56(70)61-51-36-35-43-19-13-17-29-53(43)67(57(51)71)38-41-31-33-42(34-32-41)48-26-14-15-28-50(48)55-63-64-65-68(55)60(45-20-7-4-8-21-45,46-22-9-5-10-23-46)47-24-11-6-12-25-47/h4-34,39-40,51-52H,35-38H2,1-3H3,(H,61,70)(H,62,72)/t51-,52-/m1/s1. The fourth-order valence-electron chi connectivity index (χ4n) is 10.1. The van der Waals surface area contributed by atoms with Gasteiger partial charge in [0.15, 0.2) is 5.82 Å². The second kappa shape index (κ2) is 20.4. The number of rotatable bonds is 14. The zero-order valence-corrected chi connectivity index (χ0v) is 40.8. The predicted octanol–water partition coefficient (Wildman–Crippen LogP) is 9.94. The maximum absolute atomic E-state index is 14.9. The highest BCUT2D eigenvalue weighted by atomic mass is 16.6. The van der Waals surface area contributed by atoms with Crippen molar-refractivity contribution in [3.05, 3.63) is 228 Å². The summed E-state index contributed by atoms with van der Waals surface area (Å²) in [6.45, 7) is 5.44. The van der Waals surface area contributed by atoms with Gasteiger partial charge in [0.1, 0.15) is 23.2 Å². The summed E-state index contributed by atoms with van der Waals surface area (Å²) in [5.74, 6) is -0.264. The van der Waals surface area contributed by atoms with E-state index in [0.717, 1.165) is 55.6 Å². The molecule has 0 unspecified atom stereocenters. The third kappa shape index (κ3) is 9.64. The summed E-state index contributed by atoms with van der Waals surface area (Å²) in [5, 5.41) is 20.4. The number of amides is 3. The molecule has 2 N–H and O–H groups in total. The van der Waals surface area contributed by atoms with Crippen LogP contribution in [0.2, 0.25) is 0 Å². The van der Waals surface area contributed by atoms with E-state index in [4.69, 9.17) is 15.0 Å². The molecule has 0 spiro atoms. The third-order valence-corrected chi connectivity index (χ3v) is 13.4. The Morgan fingerprint density at radius 2 is 1.32 bits per heavy atom. The number of nitrogens with zero attached hydrogens (tertiary/aromatic N) is 6. The maximum Gasteiger partial charge on any atom is 0.408 e. The van der Waals surface area contributed by atoms with Crippen LogP contribution in [0.4, 0.5) is 10.5 Å². The normalized spacial score (nSPS) is 14.2. The van der Waals surface area contributed by atoms with Gasteiger partial charge in [-0.2, -0.15) is 0 Å². The molecule has 0 bridgehead atoms. The van der Waals surface area contributed by atoms with E-state index in [0.29, 0.717) is 36.2 Å². The fraction of sp³-hybridized carbons (Fsp3) is 0.183. The number of para-hydroxylation sites is 2. The Morgan fingerprint density at radius 3 is 1.96 bits per heavy atom. The molecule has 0 aliphatic carbocycles. The summed E-state index contributed by atoms with van der Waals surface area (Å²) in [6, 6.07) is 60.2. The number of aryl methyl sites for hydroxylation is 1. The number of hydrogen-bond donors (Lipinski definition) is 2. The minimum absolute atomic E-state index is 0.0373. The summed E-state index contributed by atoms with van der Waals surface area (Å²) in [7, 11) is 0. The Balaban J connectivity index is 0.952. The highest BCUT2D eigenvalue weighted by Crippen LogP contribution is 2.43. The van der Waals surface area contributed by atoms with Crippen molar-refractivity contribution in [3.8, 4) is 22.5 Å². The number of carbonyl (C=O) groups is 4. The molecule has 0 saturated carbocycles. The second-order valence-electron chi connectivity index (χ2n) is 19.2. The van der Waals surface area contributed by atoms with Gasteiger partial charge in [-0.3, -0.25) is 19.0 Å². The van der Waals surface area contributed by atoms with Crippen LogP contribution < -0.4 is 15.5 Å². The summed E-state index contributed by atoms with van der Waals surface area (Å²) in [4.78, 5) is 56.3. The Labute approximate surface area is 423 Å². The van der Waals surface area contributed by atoms with Crippen molar-refractivity contribution < 1.29 is 23.9 Å². The van der Waals surface area contributed by atoms with E-state index in [1.807, 2.05) is 150 Å². The van der Waals surface area contributed by atoms with Crippen LogP contribution in [-0.2, 0) is 44.0 Å². The van der Waals surface area contributed by atoms with Gasteiger partial charge in [0.05, 0.1) is 12.1 Å². The van der Waals surface area contributed by atoms with Gasteiger partial charge in [-0.15, -0.1) is 5.10 Å². The van der Waals surface area contributed by atoms with E-state index in [2.05, 4.69) is 58.3 Å². The lowest BCUT2D eigenvalue weighted by Crippen LogP contribution is -2.55. The quantitative estimate of drug-likeness (QED) is 0.0807. The summed E-state index contributed by atoms with van der Waals surface area (Å²) < 4.78 is 8.96. The van der Waals surface area contributed by atoms with Crippen molar-refractivity contribution in [3.63, 3.8) is 0 Å². The van der Waals surface area contributed by atoms with Crippen molar-refractivity contribution in [2.75, 3.05) is 4.90 Å². The van der Waals surface area contributed by atoms with E-state index >= 15 is 0 Å². The first-order valence-electron chi connectivity index (χ1n) is 24.4. The van der Waals surface area contributed by atoms with Crippen molar-refractivity contribution in [2.24, 2.45) is 0 Å². The van der Waals surface area contributed by atoms with Crippen LogP contribution in [0.15, 0.2) is 194 Å². The molecule has 1 aliphatic rings. The number of benzene rings is 7. The minimum Gasteiger partial charge on any atom is -0.444 e. The van der Waals surface area contributed by atoms with Gasteiger partial charge in [0, 0.05) is 29.3 Å². The maximum atomic E-state index is 14.9. The predicted molar refractivity (Wildman–Crippen MR) is 282 cm³/mol. The Morgan fingerprint density at radius 1 is 0.726 bits per heavy atom. The number of ether oxygens (including phenoxy) is 1. The first-order valence-corrected chi connectivity index (χ1v) is 24.4. The molecule has 73 heavy (non-hydrogen) atoms. The third-order valence-electron chi connectivity index (χ3n) is 13.4. The van der Waals surface area contributed by atoms with Crippen LogP contribution in [0, 0.1) is 0 Å². The summed E-state index contributed by atoms with van der Waals surface area (Å²) in [5.41, 5.74) is 7.81. The second-order valence-corrected chi connectivity index (χ2v) is 19.2. The van der Waals surface area contributed by atoms with E-state index in [1.54, 1.807) is 31.9 Å². The lowest BCUT2D eigenvalue weighted by Gasteiger charge is -2.36. The molecular weight excluding hydrogens is 913 g/mol. The molecule has 10 rings (SSSR count). The molecule has 364 valence electrons. The molecule has 0 radical (unpaired) electrons. The van der Waals surface area contributed by atoms with Crippen molar-refractivity contribution >= 4 is 40.9 Å². The first kappa shape index (κ1) is 47.7. The van der Waals surface area contributed by atoms with E-state index in [1.165, 1.54) is 4.57 Å². The SMILES string of the molecule is CC(C)(C)OC(=O)N[C@H](Cc1cn(C=O)c2ccccc12)C(=O)N[C@@H]1CCc2ccccc2N(Cc2ccc(-c3ccccc3-c3nnnn3C(c3ccccc3)(c3ccccc3)c3ccccc3)cc2)C1=O. The van der Waals surface area contributed by atoms with Gasteiger partial charge in [0.2, 0.25) is 18.2 Å². The molecule has 1 aliphatic heterocycles. The van der Waals surface area contributed by atoms with Gasteiger partial charge in [-0.1, -0.05) is 176 Å². The average molecular weight is 967 g/mol. The summed E-state index contributed by atoms with van der Waals surface area (Å²) >= 11 is 0. The Kier molecular flexibility index (Phi) is 13.3. The minimum atomic E-state index is -1.14. The smallest absolute Gasteiger partial charge is 0.408 e. The highest BCUT2D eigenvalue weighted by Gasteiger charge is 2.42. The molecule has 0 fully saturated rings. The number of nitrogens with one attached hydrogen (secondary N) is 2. The van der Waals surface area contributed by atoms with Crippen LogP contribution in [-0.4, -0.2) is 66.8 Å². The topological polar surface area (TPSA) is 153 Å². The average Bonchev–Trinajstić information content (AvgIpc) is 4.02. The lowest BCUT2D eigenvalue weighted by molar-refractivity contribution is -0.128. The number of carbonyl (C=O) groups excluding carboxylic acids is 4. The highest BCUT2D eigenvalue weighted by molar-refractivity contribution is 6.01. The largest absolute Gasteiger partial charge is 0.444 e. The molecule has 3 heterocycles. The van der Waals surface area contributed by atoms with Crippen LogP contribution in [0.5, 0.6) is 0 Å². The van der Waals surface area contributed by atoms with Crippen molar-refractivity contribution in [2.45, 2.75) is 69.8 Å². The Bertz CT molecular complexity index is 3330. The van der Waals surface area contributed by atoms with Crippen molar-refractivity contribution in [1.82, 2.24) is 35.4 Å². The van der Waals surface area contributed by atoms with Gasteiger partial charge in [-0.25, -0.2) is 9.48 Å². The van der Waals surface area contributed by atoms with Gasteiger partial charge >= 0.3 is 6.09 Å². The van der Waals surface area contributed by atoms with Crippen LogP contribution in [0.3, 0.4) is 0 Å². The molecule has 3 amide bonds. The molecule has 13 heteroatoms. The Hall–Kier alpha value is -8.97. The molecule has 2 atom stereocenters. The number of tetrazole rings is 1. The number of hydrogen-bond acceptors (Lipinski definition) is 8. The zero-order chi connectivity index (χ0) is 50.5. The number of anilines is 1. The van der Waals surface area contributed by atoms with Crippen LogP contribution >= 0.6 is 0 Å². The molecule has 13 nitrogen and oxygen atoms in total. The van der Waals surface area contributed by atoms with Gasteiger partial charge in [0.25, 0.3) is 0 Å². The number of aromatic nitrogens is 5. The van der Waals surface area contributed by atoms with E-state index < -0.39 is 35.2 Å². The van der Waals surface area contributed by atoms with Crippen LogP contribution in [0.1, 0.15) is 60.6 Å². The van der Waals surface area contributed by atoms with Crippen LogP contribution in [0.25, 0.3) is 33.4 Å². The first-order chi connectivity index (χ1) is 35.5. The number of fused-ring (bicyclic) bond motifs is 2. The monoisotopic (exact) mass is 966 g/mol. The molecule has 9 aromatic rings. The molecule has 2 aromatic heterocycles. The zero-order valence-electron chi connectivity index (χ0n) is 40.8. The molecule has 7 aromatic carbocycles. The summed E-state index contributed by atoms with van der Waals surface area (Å²) in [6.07, 6.45) is 2.47. The lowest BCUT2D eigenvalue weighted by atomic mass is 9.77. The molecule has 0 saturated heterocycles. The fourth-order valence-corrected chi connectivity index (χ4v) is 10.1.